The van der Waals surface area contributed by atoms with Gasteiger partial charge in [-0.1, -0.05) is 0 Å². The molecule has 4 rings (SSSR count). The van der Waals surface area contributed by atoms with Crippen molar-refractivity contribution in [2.24, 2.45) is 0 Å². The molecule has 3 atom stereocenters. The highest BCUT2D eigenvalue weighted by atomic mass is 19.1. The van der Waals surface area contributed by atoms with Gasteiger partial charge >= 0.3 is 0 Å². The van der Waals surface area contributed by atoms with Crippen molar-refractivity contribution in [1.82, 2.24) is 31.1 Å². The number of carbonyl (C=O) groups excluding carboxylic acids is 4. The van der Waals surface area contributed by atoms with Crippen molar-refractivity contribution in [1.29, 1.82) is 0 Å². The molecule has 0 saturated carbocycles. The summed E-state index contributed by atoms with van der Waals surface area (Å²) in [5, 5.41) is 12.2. The van der Waals surface area contributed by atoms with Gasteiger partial charge in [-0.3, -0.25) is 19.2 Å². The van der Waals surface area contributed by atoms with Gasteiger partial charge in [-0.2, -0.15) is 0 Å². The Kier molecular flexibility index (Phi) is 12.1. The lowest BCUT2D eigenvalue weighted by Gasteiger charge is -2.32. The maximum absolute atomic E-state index is 13.5. The molecule has 1 aromatic carbocycles. The van der Waals surface area contributed by atoms with E-state index in [0.29, 0.717) is 32.5 Å². The number of carbonyl (C=O) groups is 4. The molecule has 0 aliphatic carbocycles. The van der Waals surface area contributed by atoms with E-state index in [1.165, 1.54) is 29.2 Å². The largest absolute Gasteiger partial charge is 0.377 e. The van der Waals surface area contributed by atoms with Crippen molar-refractivity contribution in [3.63, 3.8) is 0 Å². The van der Waals surface area contributed by atoms with Crippen molar-refractivity contribution < 1.29 is 33.0 Å². The van der Waals surface area contributed by atoms with E-state index in [9.17, 15) is 23.6 Å². The predicted molar refractivity (Wildman–Crippen MR) is 152 cm³/mol. The zero-order valence-corrected chi connectivity index (χ0v) is 24.2. The van der Waals surface area contributed by atoms with Gasteiger partial charge in [0, 0.05) is 37.3 Å². The summed E-state index contributed by atoms with van der Waals surface area (Å²) in [6, 6.07) is 3.71. The van der Waals surface area contributed by atoms with Gasteiger partial charge in [0.05, 0.1) is 25.9 Å². The van der Waals surface area contributed by atoms with E-state index in [4.69, 9.17) is 9.47 Å². The van der Waals surface area contributed by atoms with Crippen molar-refractivity contribution in [3.8, 4) is 0 Å². The molecule has 3 saturated heterocycles. The lowest BCUT2D eigenvalue weighted by atomic mass is 10.0. The molecule has 232 valence electrons. The summed E-state index contributed by atoms with van der Waals surface area (Å²) in [6.45, 7) is 3.33. The molecule has 42 heavy (non-hydrogen) atoms. The fraction of sp³-hybridized carbons (Fsp3) is 0.655. The monoisotopic (exact) mass is 590 g/mol. The molecule has 4 amide bonds. The van der Waals surface area contributed by atoms with Crippen molar-refractivity contribution in [2.45, 2.75) is 56.3 Å². The lowest BCUT2D eigenvalue weighted by Crippen LogP contribution is -2.52. The third-order valence-electron chi connectivity index (χ3n) is 7.91. The molecule has 3 aliphatic rings. The van der Waals surface area contributed by atoms with Crippen LogP contribution in [0.15, 0.2) is 24.3 Å². The highest BCUT2D eigenvalue weighted by molar-refractivity contribution is 5.98. The first-order chi connectivity index (χ1) is 20.3. The van der Waals surface area contributed by atoms with Crippen LogP contribution in [0.4, 0.5) is 4.39 Å². The molecule has 2 bridgehead atoms. The van der Waals surface area contributed by atoms with Crippen molar-refractivity contribution in [2.75, 3.05) is 66.2 Å². The molecule has 3 fully saturated rings. The number of likely N-dealkylation sites (tertiary alicyclic amines) is 2. The molecular weight excluding hydrogens is 547 g/mol. The van der Waals surface area contributed by atoms with Crippen LogP contribution in [0.1, 0.15) is 42.5 Å². The van der Waals surface area contributed by atoms with Crippen LogP contribution in [0.25, 0.3) is 0 Å². The normalized spacial score (nSPS) is 26.7. The van der Waals surface area contributed by atoms with Crippen LogP contribution in [0.2, 0.25) is 0 Å². The van der Waals surface area contributed by atoms with E-state index in [-0.39, 0.29) is 62.1 Å². The number of nitrogens with zero attached hydrogens (tertiary/aromatic N) is 2. The van der Waals surface area contributed by atoms with E-state index in [2.05, 4.69) is 33.2 Å². The van der Waals surface area contributed by atoms with E-state index in [1.807, 2.05) is 0 Å². The van der Waals surface area contributed by atoms with Crippen LogP contribution in [0.3, 0.4) is 0 Å². The van der Waals surface area contributed by atoms with Gasteiger partial charge in [0.15, 0.2) is 0 Å². The van der Waals surface area contributed by atoms with E-state index < -0.39 is 29.8 Å². The summed E-state index contributed by atoms with van der Waals surface area (Å²) in [7, 11) is 2.09. The van der Waals surface area contributed by atoms with Gasteiger partial charge in [0.2, 0.25) is 17.7 Å². The van der Waals surface area contributed by atoms with Crippen molar-refractivity contribution in [3.05, 3.63) is 35.6 Å². The van der Waals surface area contributed by atoms with Gasteiger partial charge in [-0.25, -0.2) is 4.39 Å². The molecular formula is C29H43FN6O6. The number of benzene rings is 1. The summed E-state index contributed by atoms with van der Waals surface area (Å²) < 4.78 is 24.4. The molecule has 0 radical (unpaired) electrons. The Hall–Kier alpha value is -3.13. The number of rotatable bonds is 3. The summed E-state index contributed by atoms with van der Waals surface area (Å²) in [4.78, 5) is 55.8. The third-order valence-corrected chi connectivity index (χ3v) is 7.91. The second-order valence-electron chi connectivity index (χ2n) is 11.2. The summed E-state index contributed by atoms with van der Waals surface area (Å²) in [6.07, 6.45) is 3.22. The van der Waals surface area contributed by atoms with E-state index >= 15 is 0 Å². The summed E-state index contributed by atoms with van der Waals surface area (Å²) >= 11 is 0. The fourth-order valence-corrected chi connectivity index (χ4v) is 5.58. The average molecular weight is 591 g/mol. The Morgan fingerprint density at radius 1 is 0.952 bits per heavy atom. The van der Waals surface area contributed by atoms with Gasteiger partial charge in [-0.15, -0.1) is 0 Å². The van der Waals surface area contributed by atoms with Crippen molar-refractivity contribution >= 4 is 23.6 Å². The van der Waals surface area contributed by atoms with E-state index in [1.54, 1.807) is 0 Å². The molecule has 0 spiro atoms. The molecule has 13 heteroatoms. The topological polar surface area (TPSA) is 141 Å². The first kappa shape index (κ1) is 31.8. The molecule has 3 aliphatic heterocycles. The second-order valence-corrected chi connectivity index (χ2v) is 11.2. The van der Waals surface area contributed by atoms with Gasteiger partial charge < -0.3 is 40.5 Å². The number of halogens is 1. The lowest BCUT2D eigenvalue weighted by molar-refractivity contribution is -0.127. The smallest absolute Gasteiger partial charge is 0.254 e. The summed E-state index contributed by atoms with van der Waals surface area (Å²) in [5.41, 5.74) is 0.254. The number of fused-ring (bicyclic) bond motifs is 2. The molecule has 0 aromatic heterocycles. The first-order valence-electron chi connectivity index (χ1n) is 14.8. The molecule has 3 heterocycles. The number of piperidine rings is 1. The quantitative estimate of drug-likeness (QED) is 0.374. The maximum atomic E-state index is 13.5. The predicted octanol–water partition coefficient (Wildman–Crippen LogP) is -0.363. The molecule has 1 aromatic rings. The zero-order chi connectivity index (χ0) is 29.9. The van der Waals surface area contributed by atoms with Crippen LogP contribution >= 0.6 is 0 Å². The minimum absolute atomic E-state index is 0.110. The zero-order valence-electron chi connectivity index (χ0n) is 24.2. The third kappa shape index (κ3) is 9.45. The van der Waals surface area contributed by atoms with Crippen LogP contribution in [-0.2, 0) is 23.9 Å². The van der Waals surface area contributed by atoms with E-state index in [0.717, 1.165) is 25.9 Å². The number of hydrogen-bond donors (Lipinski definition) is 4. The Morgan fingerprint density at radius 3 is 2.43 bits per heavy atom. The number of hydrogen-bond acceptors (Lipinski definition) is 8. The SMILES string of the molecule is CN1CCC(N[C@H]2CCCNC(=O)[C@H]3C[C@H](CN3C(=O)c3ccc(F)cc3)NC(=O)COCCOCCNC2=O)CC1. The van der Waals surface area contributed by atoms with Crippen LogP contribution in [0.5, 0.6) is 0 Å². The molecule has 12 nitrogen and oxygen atoms in total. The van der Waals surface area contributed by atoms with Gasteiger partial charge in [0.25, 0.3) is 5.91 Å². The fourth-order valence-electron chi connectivity index (χ4n) is 5.58. The number of ether oxygens (including phenoxy) is 2. The van der Waals surface area contributed by atoms with Crippen LogP contribution < -0.4 is 21.3 Å². The van der Waals surface area contributed by atoms with Gasteiger partial charge in [0.1, 0.15) is 18.5 Å². The number of amides is 4. The maximum Gasteiger partial charge on any atom is 0.254 e. The standard InChI is InChI=1S/C29H43FN6O6/c1-35-12-8-22(9-13-35)33-24-3-2-10-31-28(39)25-17-23(18-36(25)29(40)20-4-6-21(30)7-5-20)34-26(37)19-42-16-15-41-14-11-32-27(24)38/h4-7,22-25,33H,2-3,8-19H2,1H3,(H,31,39)(H,32,38)(H,34,37)/t23-,24+,25-/m1/s1. The Morgan fingerprint density at radius 2 is 1.67 bits per heavy atom. The molecule has 4 N–H and O–H groups in total. The Balaban J connectivity index is 1.42. The minimum atomic E-state index is -0.816. The minimum Gasteiger partial charge on any atom is -0.377 e. The number of nitrogens with one attached hydrogen (secondary N) is 4. The van der Waals surface area contributed by atoms with Crippen LogP contribution in [0, 0.1) is 5.82 Å². The first-order valence-corrected chi connectivity index (χ1v) is 14.8. The van der Waals surface area contributed by atoms with Crippen LogP contribution in [-0.4, -0.2) is 124 Å². The Bertz CT molecular complexity index is 1070. The van der Waals surface area contributed by atoms with Gasteiger partial charge in [-0.05, 0) is 76.5 Å². The summed E-state index contributed by atoms with van der Waals surface area (Å²) in [5.74, 6) is -1.70. The highest BCUT2D eigenvalue weighted by Crippen LogP contribution is 2.22. The molecule has 0 unspecified atom stereocenters. The highest BCUT2D eigenvalue weighted by Gasteiger charge is 2.40. The average Bonchev–Trinajstić information content (AvgIpc) is 3.40. The Labute approximate surface area is 246 Å². The second kappa shape index (κ2) is 15.9.